The zero-order valence-corrected chi connectivity index (χ0v) is 15.1. The molecule has 2 rings (SSSR count). The Balaban J connectivity index is 2.25. The summed E-state index contributed by atoms with van der Waals surface area (Å²) >= 11 is 0. The molecule has 0 fully saturated rings. The van der Waals surface area contributed by atoms with Crippen molar-refractivity contribution in [1.29, 1.82) is 0 Å². The number of nitrogens with one attached hydrogen (secondary N) is 1. The van der Waals surface area contributed by atoms with Gasteiger partial charge in [0.1, 0.15) is 5.69 Å². The average Bonchev–Trinajstić information content (AvgIpc) is 2.51. The molecule has 24 heavy (non-hydrogen) atoms. The first-order chi connectivity index (χ1) is 11.1. The number of hydrogen-bond donors (Lipinski definition) is 1. The van der Waals surface area contributed by atoms with Crippen LogP contribution in [-0.4, -0.2) is 32.2 Å². The number of methoxy groups -OCH3 is 1. The SMILES string of the molecule is COc1nc(C(=O)NS(=O)(=O)CCC(C)(C)C)cc2ccccc12. The number of aromatic nitrogens is 1. The highest BCUT2D eigenvalue weighted by Crippen LogP contribution is 2.24. The van der Waals surface area contributed by atoms with Gasteiger partial charge >= 0.3 is 0 Å². The van der Waals surface area contributed by atoms with Gasteiger partial charge in [0.25, 0.3) is 5.91 Å². The number of nitrogens with zero attached hydrogens (tertiary/aromatic N) is 1. The van der Waals surface area contributed by atoms with E-state index in [1.807, 2.05) is 45.0 Å². The van der Waals surface area contributed by atoms with E-state index in [4.69, 9.17) is 4.74 Å². The number of hydrogen-bond acceptors (Lipinski definition) is 5. The molecule has 1 heterocycles. The van der Waals surface area contributed by atoms with Crippen LogP contribution in [0.2, 0.25) is 0 Å². The van der Waals surface area contributed by atoms with E-state index >= 15 is 0 Å². The van der Waals surface area contributed by atoms with Crippen molar-refractivity contribution in [1.82, 2.24) is 9.71 Å². The van der Waals surface area contributed by atoms with E-state index < -0.39 is 15.9 Å². The van der Waals surface area contributed by atoms with Gasteiger partial charge in [-0.05, 0) is 29.4 Å². The molecule has 0 atom stereocenters. The van der Waals surface area contributed by atoms with Crippen LogP contribution in [0.5, 0.6) is 5.88 Å². The van der Waals surface area contributed by atoms with Crippen LogP contribution >= 0.6 is 0 Å². The van der Waals surface area contributed by atoms with Crippen molar-refractivity contribution in [3.8, 4) is 5.88 Å². The lowest BCUT2D eigenvalue weighted by Gasteiger charge is -2.17. The molecule has 0 radical (unpaired) electrons. The van der Waals surface area contributed by atoms with Crippen molar-refractivity contribution in [3.63, 3.8) is 0 Å². The van der Waals surface area contributed by atoms with Gasteiger partial charge in [0.2, 0.25) is 15.9 Å². The van der Waals surface area contributed by atoms with Gasteiger partial charge < -0.3 is 4.74 Å². The third kappa shape index (κ3) is 4.67. The number of carbonyl (C=O) groups excluding carboxylic acids is 1. The monoisotopic (exact) mass is 350 g/mol. The van der Waals surface area contributed by atoms with E-state index in [1.54, 1.807) is 6.07 Å². The molecule has 130 valence electrons. The van der Waals surface area contributed by atoms with Crippen LogP contribution in [0.4, 0.5) is 0 Å². The van der Waals surface area contributed by atoms with E-state index in [-0.39, 0.29) is 22.7 Å². The molecule has 0 unspecified atom stereocenters. The van der Waals surface area contributed by atoms with Gasteiger partial charge in [0.15, 0.2) is 0 Å². The van der Waals surface area contributed by atoms with E-state index in [9.17, 15) is 13.2 Å². The summed E-state index contributed by atoms with van der Waals surface area (Å²) in [4.78, 5) is 16.4. The normalized spacial score (nSPS) is 12.2. The van der Waals surface area contributed by atoms with E-state index in [0.717, 1.165) is 10.8 Å². The van der Waals surface area contributed by atoms with Crippen molar-refractivity contribution in [2.75, 3.05) is 12.9 Å². The van der Waals surface area contributed by atoms with Gasteiger partial charge in [-0.1, -0.05) is 39.0 Å². The third-order valence-electron chi connectivity index (χ3n) is 3.50. The minimum absolute atomic E-state index is 0.00452. The second-order valence-corrected chi connectivity index (χ2v) is 8.64. The highest BCUT2D eigenvalue weighted by atomic mass is 32.2. The van der Waals surface area contributed by atoms with Crippen molar-refractivity contribution >= 4 is 26.7 Å². The molecule has 0 aliphatic heterocycles. The molecule has 2 aromatic rings. The summed E-state index contributed by atoms with van der Waals surface area (Å²) in [6.45, 7) is 5.83. The second kappa shape index (κ2) is 6.76. The number of benzene rings is 1. The molecule has 0 spiro atoms. The maximum absolute atomic E-state index is 12.3. The molecule has 1 aromatic carbocycles. The van der Waals surface area contributed by atoms with Gasteiger partial charge in [-0.3, -0.25) is 4.79 Å². The highest BCUT2D eigenvalue weighted by molar-refractivity contribution is 7.90. The van der Waals surface area contributed by atoms with Crippen LogP contribution in [-0.2, 0) is 10.0 Å². The quantitative estimate of drug-likeness (QED) is 0.896. The van der Waals surface area contributed by atoms with Crippen LogP contribution in [0.25, 0.3) is 10.8 Å². The lowest BCUT2D eigenvalue weighted by molar-refractivity contribution is 0.0976. The predicted octanol–water partition coefficient (Wildman–Crippen LogP) is 2.74. The number of sulfonamides is 1. The molecule has 7 heteroatoms. The number of fused-ring (bicyclic) bond motifs is 1. The minimum atomic E-state index is -3.72. The van der Waals surface area contributed by atoms with E-state index in [2.05, 4.69) is 9.71 Å². The molecule has 0 saturated carbocycles. The topological polar surface area (TPSA) is 85.4 Å². The van der Waals surface area contributed by atoms with E-state index in [1.165, 1.54) is 7.11 Å². The van der Waals surface area contributed by atoms with Gasteiger partial charge in [0.05, 0.1) is 12.9 Å². The van der Waals surface area contributed by atoms with Crippen LogP contribution in [0.1, 0.15) is 37.7 Å². The highest BCUT2D eigenvalue weighted by Gasteiger charge is 2.21. The molecule has 0 bridgehead atoms. The first-order valence-corrected chi connectivity index (χ1v) is 9.25. The van der Waals surface area contributed by atoms with Crippen molar-refractivity contribution in [2.24, 2.45) is 5.41 Å². The summed E-state index contributed by atoms with van der Waals surface area (Å²) in [5.74, 6) is -0.592. The molecule has 6 nitrogen and oxygen atoms in total. The summed E-state index contributed by atoms with van der Waals surface area (Å²) < 4.78 is 31.5. The Hall–Kier alpha value is -2.15. The fraction of sp³-hybridized carbons (Fsp3) is 0.412. The number of ether oxygens (including phenoxy) is 1. The fourth-order valence-corrected chi connectivity index (χ4v) is 3.49. The number of pyridine rings is 1. The lowest BCUT2D eigenvalue weighted by Crippen LogP contribution is -2.34. The Morgan fingerprint density at radius 2 is 1.92 bits per heavy atom. The van der Waals surface area contributed by atoms with Crippen LogP contribution in [0.15, 0.2) is 30.3 Å². The fourth-order valence-electron chi connectivity index (χ4n) is 2.12. The van der Waals surface area contributed by atoms with Crippen LogP contribution in [0, 0.1) is 5.41 Å². The standard InChI is InChI=1S/C17H22N2O4S/c1-17(2,3)9-10-24(21,22)19-15(20)14-11-12-7-5-6-8-13(12)16(18-14)23-4/h5-8,11H,9-10H2,1-4H3,(H,19,20). The summed E-state index contributed by atoms with van der Waals surface area (Å²) in [6.07, 6.45) is 0.448. The summed E-state index contributed by atoms with van der Waals surface area (Å²) in [6, 6.07) is 8.84. The van der Waals surface area contributed by atoms with Crippen molar-refractivity contribution in [2.45, 2.75) is 27.2 Å². The first kappa shape index (κ1) is 18.2. The molecule has 1 N–H and O–H groups in total. The maximum Gasteiger partial charge on any atom is 0.283 e. The Morgan fingerprint density at radius 3 is 2.54 bits per heavy atom. The average molecular weight is 350 g/mol. The third-order valence-corrected chi connectivity index (χ3v) is 4.74. The Morgan fingerprint density at radius 1 is 1.25 bits per heavy atom. The maximum atomic E-state index is 12.3. The largest absolute Gasteiger partial charge is 0.481 e. The summed E-state index contributed by atoms with van der Waals surface area (Å²) in [5, 5.41) is 1.51. The molecular formula is C17H22N2O4S. The van der Waals surface area contributed by atoms with Gasteiger partial charge in [-0.2, -0.15) is 0 Å². The zero-order valence-electron chi connectivity index (χ0n) is 14.3. The van der Waals surface area contributed by atoms with Crippen molar-refractivity contribution < 1.29 is 17.9 Å². The molecule has 1 aromatic heterocycles. The predicted molar refractivity (Wildman–Crippen MR) is 93.6 cm³/mol. The molecule has 0 aliphatic carbocycles. The number of rotatable bonds is 5. The second-order valence-electron chi connectivity index (χ2n) is 6.80. The van der Waals surface area contributed by atoms with Crippen LogP contribution in [0.3, 0.4) is 0 Å². The van der Waals surface area contributed by atoms with Gasteiger partial charge in [-0.15, -0.1) is 0 Å². The molecular weight excluding hydrogens is 328 g/mol. The zero-order chi connectivity index (χ0) is 18.0. The minimum Gasteiger partial charge on any atom is -0.481 e. The number of carbonyl (C=O) groups is 1. The Kier molecular flexibility index (Phi) is 5.13. The van der Waals surface area contributed by atoms with Gasteiger partial charge in [-0.25, -0.2) is 18.1 Å². The Bertz CT molecular complexity index is 855. The Labute approximate surface area is 142 Å². The van der Waals surface area contributed by atoms with Crippen LogP contribution < -0.4 is 9.46 Å². The summed E-state index contributed by atoms with van der Waals surface area (Å²) in [5.41, 5.74) is -0.132. The van der Waals surface area contributed by atoms with Gasteiger partial charge in [0, 0.05) is 5.39 Å². The molecule has 0 saturated heterocycles. The van der Waals surface area contributed by atoms with E-state index in [0.29, 0.717) is 6.42 Å². The first-order valence-electron chi connectivity index (χ1n) is 7.60. The summed E-state index contributed by atoms with van der Waals surface area (Å²) in [7, 11) is -2.26. The molecule has 0 aliphatic rings. The van der Waals surface area contributed by atoms with Crippen molar-refractivity contribution in [3.05, 3.63) is 36.0 Å². The lowest BCUT2D eigenvalue weighted by atomic mass is 9.94. The smallest absolute Gasteiger partial charge is 0.283 e. The number of amides is 1. The molecule has 1 amide bonds.